The second-order valence-corrected chi connectivity index (χ2v) is 6.21. The van der Waals surface area contributed by atoms with Crippen LogP contribution >= 0.6 is 0 Å². The zero-order valence-electron chi connectivity index (χ0n) is 12.3. The van der Waals surface area contributed by atoms with E-state index in [2.05, 4.69) is 10.2 Å². The van der Waals surface area contributed by atoms with Gasteiger partial charge in [0.05, 0.1) is 5.56 Å². The van der Waals surface area contributed by atoms with Crippen LogP contribution in [0.15, 0.2) is 18.2 Å². The van der Waals surface area contributed by atoms with Gasteiger partial charge in [-0.2, -0.15) is 13.2 Å². The fourth-order valence-electron chi connectivity index (χ4n) is 3.11. The van der Waals surface area contributed by atoms with Gasteiger partial charge < -0.3 is 5.32 Å². The van der Waals surface area contributed by atoms with Gasteiger partial charge in [-0.3, -0.25) is 4.90 Å². The number of hydrogen-bond acceptors (Lipinski definition) is 2. The summed E-state index contributed by atoms with van der Waals surface area (Å²) in [5.41, 5.74) is -0.566. The number of nitrogens with one attached hydrogen (secondary N) is 1. The Labute approximate surface area is 127 Å². The lowest BCUT2D eigenvalue weighted by atomic mass is 9.96. The minimum atomic E-state index is -4.43. The van der Waals surface area contributed by atoms with E-state index in [1.807, 2.05) is 0 Å². The normalized spacial score (nSPS) is 21.8. The van der Waals surface area contributed by atoms with E-state index in [1.165, 1.54) is 0 Å². The van der Waals surface area contributed by atoms with Crippen LogP contribution in [-0.4, -0.2) is 31.1 Å². The summed E-state index contributed by atoms with van der Waals surface area (Å²) in [6.45, 7) is 3.07. The average Bonchev–Trinajstić information content (AvgIpc) is 3.29. The molecule has 1 aromatic rings. The second-order valence-electron chi connectivity index (χ2n) is 6.21. The molecule has 0 bridgehead atoms. The van der Waals surface area contributed by atoms with Crippen molar-refractivity contribution >= 4 is 0 Å². The summed E-state index contributed by atoms with van der Waals surface area (Å²) in [7, 11) is 0. The topological polar surface area (TPSA) is 15.3 Å². The third-order valence-electron chi connectivity index (χ3n) is 4.53. The van der Waals surface area contributed by atoms with E-state index in [4.69, 9.17) is 0 Å². The molecule has 0 radical (unpaired) electrons. The molecule has 1 saturated heterocycles. The quantitative estimate of drug-likeness (QED) is 0.854. The molecular formula is C16H20F4N2. The number of benzene rings is 1. The number of rotatable bonds is 4. The molecule has 22 heavy (non-hydrogen) atoms. The summed E-state index contributed by atoms with van der Waals surface area (Å²) in [6.07, 6.45) is -1.49. The Bertz CT molecular complexity index is 519. The Hall–Kier alpha value is -1.14. The monoisotopic (exact) mass is 316 g/mol. The first-order chi connectivity index (χ1) is 10.4. The summed E-state index contributed by atoms with van der Waals surface area (Å²) >= 11 is 0. The Kier molecular flexibility index (Phi) is 4.41. The number of piperazine rings is 1. The summed E-state index contributed by atoms with van der Waals surface area (Å²) in [5, 5.41) is 3.22. The zero-order chi connectivity index (χ0) is 15.7. The molecule has 0 unspecified atom stereocenters. The molecule has 1 N–H and O–H groups in total. The first-order valence-electron chi connectivity index (χ1n) is 7.76. The second kappa shape index (κ2) is 6.16. The van der Waals surface area contributed by atoms with Crippen molar-refractivity contribution in [1.29, 1.82) is 0 Å². The zero-order valence-corrected chi connectivity index (χ0v) is 12.3. The minimum absolute atomic E-state index is 0.198. The molecule has 2 aliphatic rings. The van der Waals surface area contributed by atoms with Gasteiger partial charge in [-0.1, -0.05) is 12.8 Å². The van der Waals surface area contributed by atoms with Gasteiger partial charge in [-0.05, 0) is 30.5 Å². The van der Waals surface area contributed by atoms with E-state index >= 15 is 0 Å². The Morgan fingerprint density at radius 2 is 1.86 bits per heavy atom. The lowest BCUT2D eigenvalue weighted by Gasteiger charge is -2.35. The summed E-state index contributed by atoms with van der Waals surface area (Å²) in [6, 6.07) is 2.53. The third kappa shape index (κ3) is 3.60. The summed E-state index contributed by atoms with van der Waals surface area (Å²) in [5.74, 6) is -0.00832. The van der Waals surface area contributed by atoms with Gasteiger partial charge in [-0.15, -0.1) is 0 Å². The molecule has 0 aromatic heterocycles. The van der Waals surface area contributed by atoms with Crippen molar-refractivity contribution in [2.45, 2.75) is 31.5 Å². The van der Waals surface area contributed by atoms with Crippen molar-refractivity contribution in [2.24, 2.45) is 5.92 Å². The summed E-state index contributed by atoms with van der Waals surface area (Å²) in [4.78, 5) is 2.12. The molecule has 2 nitrogen and oxygen atoms in total. The molecule has 1 saturated carbocycles. The van der Waals surface area contributed by atoms with Crippen LogP contribution in [0.2, 0.25) is 0 Å². The first kappa shape index (κ1) is 15.7. The van der Waals surface area contributed by atoms with Crippen LogP contribution in [0.25, 0.3) is 0 Å². The number of hydrogen-bond donors (Lipinski definition) is 1. The first-order valence-corrected chi connectivity index (χ1v) is 7.76. The van der Waals surface area contributed by atoms with Gasteiger partial charge in [0.2, 0.25) is 0 Å². The van der Waals surface area contributed by atoms with Gasteiger partial charge >= 0.3 is 6.18 Å². The van der Waals surface area contributed by atoms with Crippen LogP contribution in [0.1, 0.15) is 36.4 Å². The number of nitrogens with zero attached hydrogens (tertiary/aromatic N) is 1. The standard InChI is InChI=1S/C16H20F4N2/c17-14-4-3-12(16(18,19)20)10-13(14)15(9-11-1-2-11)22-7-5-21-6-8-22/h3-4,10-11,15,21H,1-2,5-9H2/t15-/m1/s1. The van der Waals surface area contributed by atoms with Crippen molar-refractivity contribution in [3.63, 3.8) is 0 Å². The van der Waals surface area contributed by atoms with Gasteiger partial charge in [0.1, 0.15) is 5.82 Å². The molecule has 1 heterocycles. The lowest BCUT2D eigenvalue weighted by Crippen LogP contribution is -2.45. The highest BCUT2D eigenvalue weighted by atomic mass is 19.4. The van der Waals surface area contributed by atoms with E-state index in [1.54, 1.807) is 0 Å². The van der Waals surface area contributed by atoms with E-state index in [9.17, 15) is 17.6 Å². The molecular weight excluding hydrogens is 296 g/mol. The van der Waals surface area contributed by atoms with Crippen LogP contribution in [-0.2, 0) is 6.18 Å². The van der Waals surface area contributed by atoms with Crippen molar-refractivity contribution in [3.05, 3.63) is 35.1 Å². The Morgan fingerprint density at radius 3 is 2.45 bits per heavy atom. The van der Waals surface area contributed by atoms with Crippen molar-refractivity contribution in [2.75, 3.05) is 26.2 Å². The molecule has 1 aliphatic carbocycles. The van der Waals surface area contributed by atoms with Crippen molar-refractivity contribution < 1.29 is 17.6 Å². The largest absolute Gasteiger partial charge is 0.416 e. The maximum absolute atomic E-state index is 14.2. The molecule has 1 aliphatic heterocycles. The minimum Gasteiger partial charge on any atom is -0.314 e. The molecule has 0 amide bonds. The smallest absolute Gasteiger partial charge is 0.314 e. The van der Waals surface area contributed by atoms with E-state index in [0.29, 0.717) is 5.92 Å². The molecule has 1 atom stereocenters. The molecule has 0 spiro atoms. The van der Waals surface area contributed by atoms with E-state index in [0.717, 1.165) is 63.6 Å². The van der Waals surface area contributed by atoms with Gasteiger partial charge in [0, 0.05) is 37.8 Å². The summed E-state index contributed by atoms with van der Waals surface area (Å²) < 4.78 is 53.0. The SMILES string of the molecule is Fc1ccc(C(F)(F)F)cc1[C@@H](CC1CC1)N1CCNCC1. The predicted octanol–water partition coefficient (Wildman–Crippen LogP) is 3.59. The molecule has 122 valence electrons. The lowest BCUT2D eigenvalue weighted by molar-refractivity contribution is -0.137. The fraction of sp³-hybridized carbons (Fsp3) is 0.625. The highest BCUT2D eigenvalue weighted by molar-refractivity contribution is 5.30. The molecule has 1 aromatic carbocycles. The number of alkyl halides is 3. The van der Waals surface area contributed by atoms with Crippen LogP contribution < -0.4 is 5.32 Å². The molecule has 3 rings (SSSR count). The third-order valence-corrected chi connectivity index (χ3v) is 4.53. The Morgan fingerprint density at radius 1 is 1.18 bits per heavy atom. The number of halogens is 4. The molecule has 2 fully saturated rings. The average molecular weight is 316 g/mol. The van der Waals surface area contributed by atoms with Crippen LogP contribution in [0.5, 0.6) is 0 Å². The maximum Gasteiger partial charge on any atom is 0.416 e. The maximum atomic E-state index is 14.2. The van der Waals surface area contributed by atoms with Crippen LogP contribution in [0.4, 0.5) is 17.6 Å². The molecule has 6 heteroatoms. The fourth-order valence-corrected chi connectivity index (χ4v) is 3.11. The highest BCUT2D eigenvalue weighted by Gasteiger charge is 2.35. The van der Waals surface area contributed by atoms with E-state index in [-0.39, 0.29) is 11.6 Å². The van der Waals surface area contributed by atoms with Gasteiger partial charge in [-0.25, -0.2) is 4.39 Å². The van der Waals surface area contributed by atoms with Crippen molar-refractivity contribution in [1.82, 2.24) is 10.2 Å². The van der Waals surface area contributed by atoms with Gasteiger partial charge in [0.25, 0.3) is 0 Å². The predicted molar refractivity (Wildman–Crippen MR) is 75.9 cm³/mol. The van der Waals surface area contributed by atoms with Gasteiger partial charge in [0.15, 0.2) is 0 Å². The van der Waals surface area contributed by atoms with Crippen molar-refractivity contribution in [3.8, 4) is 0 Å². The van der Waals surface area contributed by atoms with Crippen LogP contribution in [0, 0.1) is 11.7 Å². The van der Waals surface area contributed by atoms with Crippen LogP contribution in [0.3, 0.4) is 0 Å². The Balaban J connectivity index is 1.91. The van der Waals surface area contributed by atoms with E-state index < -0.39 is 17.6 Å². The highest BCUT2D eigenvalue weighted by Crippen LogP contribution is 2.42.